The van der Waals surface area contributed by atoms with E-state index in [2.05, 4.69) is 10.3 Å². The van der Waals surface area contributed by atoms with Gasteiger partial charge >= 0.3 is 0 Å². The number of benzene rings is 2. The number of oxazole rings is 1. The number of carbonyl (C=O) groups excluding carboxylic acids is 2. The number of aromatic nitrogens is 1. The molecule has 4 rings (SSSR count). The number of anilines is 2. The number of nitrogens with one attached hydrogen (secondary N) is 1. The molecule has 0 atom stereocenters. The second-order valence-corrected chi connectivity index (χ2v) is 10.4. The van der Waals surface area contributed by atoms with Crippen LogP contribution in [0.15, 0.2) is 65.6 Å². The molecule has 0 bridgehead atoms. The zero-order valence-corrected chi connectivity index (χ0v) is 19.0. The second-order valence-electron chi connectivity index (χ2n) is 8.14. The predicted molar refractivity (Wildman–Crippen MR) is 125 cm³/mol. The Morgan fingerprint density at radius 3 is 2.42 bits per heavy atom. The Balaban J connectivity index is 1.49. The third-order valence-electron chi connectivity index (χ3n) is 5.77. The first-order valence-corrected chi connectivity index (χ1v) is 12.5. The maximum atomic E-state index is 13.4. The minimum atomic E-state index is -3.09. The quantitative estimate of drug-likeness (QED) is 0.595. The van der Waals surface area contributed by atoms with Crippen LogP contribution in [0, 0.1) is 12.8 Å². The standard InChI is InChI=1S/C24H25N3O5S/c1-17-4-2-3-5-22(17)27(24(29)19-10-12-33(30,31)13-11-19)14-23(28)26-20-8-6-18(7-9-20)21-15-32-16-25-21/h2-9,15-16,19H,10-14H2,1H3,(H,26,28). The summed E-state index contributed by atoms with van der Waals surface area (Å²) in [6.07, 6.45) is 3.43. The van der Waals surface area contributed by atoms with Crippen molar-refractivity contribution in [2.75, 3.05) is 28.3 Å². The van der Waals surface area contributed by atoms with Crippen molar-refractivity contribution in [1.29, 1.82) is 0 Å². The number of rotatable bonds is 6. The van der Waals surface area contributed by atoms with Crippen molar-refractivity contribution >= 4 is 33.0 Å². The number of hydrogen-bond acceptors (Lipinski definition) is 6. The Morgan fingerprint density at radius 1 is 1.09 bits per heavy atom. The van der Waals surface area contributed by atoms with E-state index in [1.165, 1.54) is 17.6 Å². The van der Waals surface area contributed by atoms with E-state index in [0.717, 1.165) is 11.1 Å². The maximum absolute atomic E-state index is 13.4. The van der Waals surface area contributed by atoms with Crippen LogP contribution in [-0.2, 0) is 19.4 Å². The average molecular weight is 468 g/mol. The third-order valence-corrected chi connectivity index (χ3v) is 7.49. The predicted octanol–water partition coefficient (Wildman–Crippen LogP) is 3.45. The van der Waals surface area contributed by atoms with Crippen molar-refractivity contribution < 1.29 is 22.4 Å². The Labute approximate surface area is 192 Å². The van der Waals surface area contributed by atoms with Crippen molar-refractivity contribution in [2.45, 2.75) is 19.8 Å². The van der Waals surface area contributed by atoms with Crippen LogP contribution in [0.5, 0.6) is 0 Å². The summed E-state index contributed by atoms with van der Waals surface area (Å²) in [5.41, 5.74) is 3.64. The molecule has 3 aromatic rings. The summed E-state index contributed by atoms with van der Waals surface area (Å²) in [6.45, 7) is 1.71. The molecule has 1 saturated heterocycles. The highest BCUT2D eigenvalue weighted by molar-refractivity contribution is 7.91. The van der Waals surface area contributed by atoms with E-state index in [9.17, 15) is 18.0 Å². The molecular formula is C24H25N3O5S. The molecule has 1 fully saturated rings. The van der Waals surface area contributed by atoms with Crippen LogP contribution in [0.4, 0.5) is 11.4 Å². The normalized spacial score (nSPS) is 15.7. The molecule has 0 saturated carbocycles. The van der Waals surface area contributed by atoms with Gasteiger partial charge in [-0.1, -0.05) is 30.3 Å². The minimum Gasteiger partial charge on any atom is -0.451 e. The topological polar surface area (TPSA) is 110 Å². The van der Waals surface area contributed by atoms with Crippen molar-refractivity contribution in [3.05, 3.63) is 66.8 Å². The van der Waals surface area contributed by atoms with Crippen LogP contribution in [0.2, 0.25) is 0 Å². The molecule has 0 radical (unpaired) electrons. The van der Waals surface area contributed by atoms with Gasteiger partial charge in [-0.25, -0.2) is 13.4 Å². The van der Waals surface area contributed by atoms with Crippen LogP contribution in [0.1, 0.15) is 18.4 Å². The fourth-order valence-corrected chi connectivity index (χ4v) is 5.42. The first-order valence-electron chi connectivity index (χ1n) is 10.7. The zero-order valence-electron chi connectivity index (χ0n) is 18.2. The van der Waals surface area contributed by atoms with Gasteiger partial charge < -0.3 is 14.6 Å². The van der Waals surface area contributed by atoms with Crippen LogP contribution in [-0.4, -0.2) is 43.3 Å². The maximum Gasteiger partial charge on any atom is 0.244 e. The number of hydrogen-bond donors (Lipinski definition) is 1. The molecule has 2 heterocycles. The van der Waals surface area contributed by atoms with Crippen LogP contribution in [0.3, 0.4) is 0 Å². The summed E-state index contributed by atoms with van der Waals surface area (Å²) in [5, 5.41) is 2.83. The van der Waals surface area contributed by atoms with E-state index in [1.807, 2.05) is 37.3 Å². The fraction of sp³-hybridized carbons (Fsp3) is 0.292. The van der Waals surface area contributed by atoms with Gasteiger partial charge in [-0.3, -0.25) is 9.59 Å². The zero-order chi connectivity index (χ0) is 23.4. The van der Waals surface area contributed by atoms with Gasteiger partial charge in [0.05, 0.1) is 11.5 Å². The molecule has 2 aromatic carbocycles. The highest BCUT2D eigenvalue weighted by atomic mass is 32.2. The van der Waals surface area contributed by atoms with Crippen molar-refractivity contribution in [2.24, 2.45) is 5.92 Å². The second kappa shape index (κ2) is 9.58. The lowest BCUT2D eigenvalue weighted by Crippen LogP contribution is -2.44. The fourth-order valence-electron chi connectivity index (χ4n) is 3.93. The molecule has 0 aliphatic carbocycles. The van der Waals surface area contributed by atoms with Gasteiger partial charge in [-0.05, 0) is 43.5 Å². The van der Waals surface area contributed by atoms with Crippen molar-refractivity contribution in [3.8, 4) is 11.3 Å². The van der Waals surface area contributed by atoms with Gasteiger partial charge in [0.15, 0.2) is 6.39 Å². The van der Waals surface area contributed by atoms with E-state index in [0.29, 0.717) is 17.1 Å². The first-order chi connectivity index (χ1) is 15.8. The molecular weight excluding hydrogens is 442 g/mol. The SMILES string of the molecule is Cc1ccccc1N(CC(=O)Nc1ccc(-c2cocn2)cc1)C(=O)C1CCS(=O)(=O)CC1. The summed E-state index contributed by atoms with van der Waals surface area (Å²) in [5.74, 6) is -1.01. The summed E-state index contributed by atoms with van der Waals surface area (Å²) < 4.78 is 28.6. The largest absolute Gasteiger partial charge is 0.451 e. The van der Waals surface area contributed by atoms with E-state index in [1.54, 1.807) is 18.2 Å². The summed E-state index contributed by atoms with van der Waals surface area (Å²) in [6, 6.07) is 14.5. The van der Waals surface area contributed by atoms with E-state index >= 15 is 0 Å². The number of nitrogens with zero attached hydrogens (tertiary/aromatic N) is 2. The van der Waals surface area contributed by atoms with Gasteiger partial charge in [-0.2, -0.15) is 0 Å². The molecule has 33 heavy (non-hydrogen) atoms. The Hall–Kier alpha value is -3.46. The lowest BCUT2D eigenvalue weighted by Gasteiger charge is -2.30. The minimum absolute atomic E-state index is 0.00488. The van der Waals surface area contributed by atoms with E-state index in [4.69, 9.17) is 4.42 Å². The molecule has 1 aromatic heterocycles. The monoisotopic (exact) mass is 467 g/mol. The third kappa shape index (κ3) is 5.48. The molecule has 0 unspecified atom stereocenters. The van der Waals surface area contributed by atoms with Crippen molar-refractivity contribution in [1.82, 2.24) is 4.98 Å². The molecule has 0 spiro atoms. The van der Waals surface area contributed by atoms with E-state index in [-0.39, 0.29) is 42.7 Å². The number of carbonyl (C=O) groups is 2. The van der Waals surface area contributed by atoms with Crippen LogP contribution in [0.25, 0.3) is 11.3 Å². The van der Waals surface area contributed by atoms with Crippen LogP contribution < -0.4 is 10.2 Å². The number of amides is 2. The molecule has 8 nitrogen and oxygen atoms in total. The van der Waals surface area contributed by atoms with Gasteiger partial charge in [0.1, 0.15) is 28.3 Å². The number of aryl methyl sites for hydroxylation is 1. The van der Waals surface area contributed by atoms with Crippen LogP contribution >= 0.6 is 0 Å². The van der Waals surface area contributed by atoms with Crippen molar-refractivity contribution in [3.63, 3.8) is 0 Å². The highest BCUT2D eigenvalue weighted by Crippen LogP contribution is 2.27. The molecule has 172 valence electrons. The molecule has 1 N–H and O–H groups in total. The van der Waals surface area contributed by atoms with Gasteiger partial charge in [0, 0.05) is 22.9 Å². The Bertz CT molecular complexity index is 1220. The molecule has 1 aliphatic heterocycles. The first kappa shape index (κ1) is 22.7. The summed E-state index contributed by atoms with van der Waals surface area (Å²) in [4.78, 5) is 31.8. The van der Waals surface area contributed by atoms with E-state index < -0.39 is 15.8 Å². The number of sulfone groups is 1. The van der Waals surface area contributed by atoms with Gasteiger partial charge in [-0.15, -0.1) is 0 Å². The Kier molecular flexibility index (Phi) is 6.60. The van der Waals surface area contributed by atoms with Gasteiger partial charge in [0.25, 0.3) is 0 Å². The molecule has 9 heteroatoms. The number of para-hydroxylation sites is 1. The summed E-state index contributed by atoms with van der Waals surface area (Å²) in [7, 11) is -3.09. The van der Waals surface area contributed by atoms with Gasteiger partial charge in [0.2, 0.25) is 11.8 Å². The molecule has 1 aliphatic rings. The molecule has 2 amide bonds. The average Bonchev–Trinajstić information content (AvgIpc) is 3.33. The highest BCUT2D eigenvalue weighted by Gasteiger charge is 2.33. The smallest absolute Gasteiger partial charge is 0.244 e. The lowest BCUT2D eigenvalue weighted by atomic mass is 10.00. The lowest BCUT2D eigenvalue weighted by molar-refractivity contribution is -0.124. The Morgan fingerprint density at radius 2 is 1.79 bits per heavy atom. The summed E-state index contributed by atoms with van der Waals surface area (Å²) >= 11 is 0.